The van der Waals surface area contributed by atoms with Gasteiger partial charge in [-0.1, -0.05) is 24.3 Å². The van der Waals surface area contributed by atoms with Crippen molar-refractivity contribution in [3.05, 3.63) is 75.2 Å². The van der Waals surface area contributed by atoms with E-state index in [1.54, 1.807) is 13.8 Å². The fourth-order valence-corrected chi connectivity index (χ4v) is 5.60. The SMILES string of the molecule is CC(=O)c1c(O)c(C)c(O)c2c1OC1=CC(=O)/C(=C(/C)N[C@H]3CCCc4ccccc43)C(=O)[C@@]12C. The number of phenolic OH excluding ortho intramolecular Hbond substituents is 2. The first-order valence-corrected chi connectivity index (χ1v) is 11.7. The first-order valence-electron chi connectivity index (χ1n) is 11.7. The van der Waals surface area contributed by atoms with Crippen molar-refractivity contribution in [1.29, 1.82) is 0 Å². The summed E-state index contributed by atoms with van der Waals surface area (Å²) in [6, 6.07) is 8.11. The Kier molecular flexibility index (Phi) is 5.13. The number of fused-ring (bicyclic) bond motifs is 4. The van der Waals surface area contributed by atoms with Crippen molar-refractivity contribution in [3.8, 4) is 17.2 Å². The summed E-state index contributed by atoms with van der Waals surface area (Å²) >= 11 is 0. The highest BCUT2D eigenvalue weighted by Crippen LogP contribution is 2.57. The molecule has 1 aliphatic heterocycles. The van der Waals surface area contributed by atoms with E-state index in [1.165, 1.54) is 25.5 Å². The smallest absolute Gasteiger partial charge is 0.194 e. The van der Waals surface area contributed by atoms with Crippen molar-refractivity contribution < 1.29 is 29.3 Å². The zero-order valence-electron chi connectivity index (χ0n) is 20.1. The number of benzene rings is 2. The number of ketones is 3. The lowest BCUT2D eigenvalue weighted by molar-refractivity contribution is -0.123. The molecule has 0 saturated heterocycles. The number of rotatable bonds is 3. The summed E-state index contributed by atoms with van der Waals surface area (Å²) in [4.78, 5) is 39.4. The number of aryl methyl sites for hydroxylation is 1. The lowest BCUT2D eigenvalue weighted by Crippen LogP contribution is -2.41. The molecule has 2 aromatic carbocycles. The van der Waals surface area contributed by atoms with Crippen LogP contribution in [0.25, 0.3) is 0 Å². The van der Waals surface area contributed by atoms with Crippen molar-refractivity contribution in [2.24, 2.45) is 0 Å². The second-order valence-electron chi connectivity index (χ2n) is 9.67. The van der Waals surface area contributed by atoms with E-state index in [0.717, 1.165) is 24.8 Å². The molecule has 0 bridgehead atoms. The standard InChI is InChI=1S/C28H27NO6/c1-13-24(32)22(15(3)30)26-23(25(13)33)28(4)20(35-26)12-19(31)21(27(28)34)14(2)29-18-11-7-9-16-8-5-6-10-17(16)18/h5-6,8,10,12,18,29,32-33H,7,9,11H2,1-4H3/b21-14+/t18-,28-/m0/s1. The van der Waals surface area contributed by atoms with Crippen LogP contribution in [0.3, 0.4) is 0 Å². The van der Waals surface area contributed by atoms with Crippen LogP contribution in [0.1, 0.15) is 72.3 Å². The maximum Gasteiger partial charge on any atom is 0.194 e. The molecule has 35 heavy (non-hydrogen) atoms. The average Bonchev–Trinajstić information content (AvgIpc) is 3.10. The van der Waals surface area contributed by atoms with Crippen LogP contribution in [-0.2, 0) is 21.4 Å². The van der Waals surface area contributed by atoms with Gasteiger partial charge in [-0.25, -0.2) is 0 Å². The van der Waals surface area contributed by atoms with Crippen LogP contribution in [0.2, 0.25) is 0 Å². The molecule has 180 valence electrons. The summed E-state index contributed by atoms with van der Waals surface area (Å²) < 4.78 is 5.82. The molecule has 0 unspecified atom stereocenters. The predicted molar refractivity (Wildman–Crippen MR) is 129 cm³/mol. The summed E-state index contributed by atoms with van der Waals surface area (Å²) in [6.07, 6.45) is 4.10. The Bertz CT molecular complexity index is 1400. The van der Waals surface area contributed by atoms with Gasteiger partial charge in [0, 0.05) is 17.3 Å². The van der Waals surface area contributed by atoms with Crippen LogP contribution < -0.4 is 10.1 Å². The Morgan fingerprint density at radius 2 is 1.86 bits per heavy atom. The highest BCUT2D eigenvalue weighted by molar-refractivity contribution is 6.31. The van der Waals surface area contributed by atoms with Gasteiger partial charge in [-0.2, -0.15) is 0 Å². The maximum atomic E-state index is 14.0. The number of ether oxygens (including phenoxy) is 1. The second-order valence-corrected chi connectivity index (χ2v) is 9.67. The number of carbonyl (C=O) groups is 3. The molecule has 0 aromatic heterocycles. The minimum absolute atomic E-state index is 0.00902. The van der Waals surface area contributed by atoms with Crippen LogP contribution >= 0.6 is 0 Å². The lowest BCUT2D eigenvalue weighted by atomic mass is 9.70. The summed E-state index contributed by atoms with van der Waals surface area (Å²) in [5.74, 6) is -2.29. The quantitative estimate of drug-likeness (QED) is 0.347. The normalized spacial score (nSPS) is 24.1. The zero-order valence-corrected chi connectivity index (χ0v) is 20.1. The Hall–Kier alpha value is -3.87. The first-order chi connectivity index (χ1) is 16.6. The van der Waals surface area contributed by atoms with Gasteiger partial charge in [0.15, 0.2) is 17.3 Å². The fraction of sp³-hybridized carbons (Fsp3) is 0.321. The van der Waals surface area contributed by atoms with Gasteiger partial charge in [-0.15, -0.1) is 0 Å². The van der Waals surface area contributed by atoms with Crippen molar-refractivity contribution >= 4 is 17.3 Å². The number of hydrogen-bond donors (Lipinski definition) is 3. The molecule has 0 fully saturated rings. The second kappa shape index (κ2) is 7.83. The van der Waals surface area contributed by atoms with Gasteiger partial charge in [-0.05, 0) is 58.1 Å². The number of Topliss-reactive ketones (excluding diaryl/α,β-unsaturated/α-hetero) is 2. The molecule has 2 aromatic rings. The largest absolute Gasteiger partial charge is 0.507 e. The molecule has 2 atom stereocenters. The minimum Gasteiger partial charge on any atom is -0.507 e. The van der Waals surface area contributed by atoms with E-state index in [0.29, 0.717) is 5.70 Å². The van der Waals surface area contributed by atoms with E-state index in [9.17, 15) is 24.6 Å². The van der Waals surface area contributed by atoms with Crippen LogP contribution in [0.15, 0.2) is 47.4 Å². The fourth-order valence-electron chi connectivity index (χ4n) is 5.60. The van der Waals surface area contributed by atoms with E-state index in [2.05, 4.69) is 17.4 Å². The third-order valence-corrected chi connectivity index (χ3v) is 7.52. The third-order valence-electron chi connectivity index (χ3n) is 7.52. The van der Waals surface area contributed by atoms with E-state index in [1.807, 2.05) is 12.1 Å². The molecule has 1 heterocycles. The van der Waals surface area contributed by atoms with Gasteiger partial charge >= 0.3 is 0 Å². The van der Waals surface area contributed by atoms with E-state index >= 15 is 0 Å². The molecule has 0 amide bonds. The van der Waals surface area contributed by atoms with Gasteiger partial charge in [0.25, 0.3) is 0 Å². The van der Waals surface area contributed by atoms with Crippen molar-refractivity contribution in [1.82, 2.24) is 5.32 Å². The molecule has 7 nitrogen and oxygen atoms in total. The minimum atomic E-state index is -1.52. The molecule has 3 N–H and O–H groups in total. The Morgan fingerprint density at radius 3 is 2.57 bits per heavy atom. The van der Waals surface area contributed by atoms with E-state index in [-0.39, 0.29) is 45.6 Å². The Balaban J connectivity index is 1.63. The molecule has 5 rings (SSSR count). The monoisotopic (exact) mass is 473 g/mol. The number of aromatic hydroxyl groups is 2. The zero-order chi connectivity index (χ0) is 25.2. The number of allylic oxidation sites excluding steroid dienone is 4. The average molecular weight is 474 g/mol. The molecule has 0 radical (unpaired) electrons. The number of carbonyl (C=O) groups excluding carboxylic acids is 3. The van der Waals surface area contributed by atoms with E-state index in [4.69, 9.17) is 4.74 Å². The Labute approximate surface area is 203 Å². The Morgan fingerprint density at radius 1 is 1.14 bits per heavy atom. The van der Waals surface area contributed by atoms with Crippen LogP contribution in [0.4, 0.5) is 0 Å². The van der Waals surface area contributed by atoms with Crippen molar-refractivity contribution in [2.75, 3.05) is 0 Å². The molecule has 0 saturated carbocycles. The molecule has 0 spiro atoms. The molecule has 3 aliphatic rings. The molecule has 7 heteroatoms. The molecular weight excluding hydrogens is 446 g/mol. The van der Waals surface area contributed by atoms with Crippen molar-refractivity contribution in [2.45, 2.75) is 58.4 Å². The van der Waals surface area contributed by atoms with Gasteiger partial charge in [-0.3, -0.25) is 14.4 Å². The third kappa shape index (κ3) is 3.14. The topological polar surface area (TPSA) is 113 Å². The lowest BCUT2D eigenvalue weighted by Gasteiger charge is -2.31. The van der Waals surface area contributed by atoms with Crippen LogP contribution in [0, 0.1) is 6.92 Å². The predicted octanol–water partition coefficient (Wildman–Crippen LogP) is 4.24. The van der Waals surface area contributed by atoms with Crippen LogP contribution in [0.5, 0.6) is 17.2 Å². The highest BCUT2D eigenvalue weighted by atomic mass is 16.5. The van der Waals surface area contributed by atoms with Gasteiger partial charge < -0.3 is 20.3 Å². The summed E-state index contributed by atoms with van der Waals surface area (Å²) in [5.41, 5.74) is 1.38. The van der Waals surface area contributed by atoms with Gasteiger partial charge in [0.1, 0.15) is 34.0 Å². The molecular formula is C28H27NO6. The summed E-state index contributed by atoms with van der Waals surface area (Å²) in [6.45, 7) is 6.01. The number of nitrogens with one attached hydrogen (secondary N) is 1. The first kappa shape index (κ1) is 22.9. The summed E-state index contributed by atoms with van der Waals surface area (Å²) in [7, 11) is 0. The molecule has 2 aliphatic carbocycles. The number of phenols is 2. The number of hydrogen-bond acceptors (Lipinski definition) is 7. The van der Waals surface area contributed by atoms with Gasteiger partial charge in [0.2, 0.25) is 0 Å². The highest BCUT2D eigenvalue weighted by Gasteiger charge is 2.56. The van der Waals surface area contributed by atoms with Crippen LogP contribution in [-0.4, -0.2) is 27.6 Å². The maximum absolute atomic E-state index is 14.0. The van der Waals surface area contributed by atoms with Gasteiger partial charge in [0.05, 0.1) is 17.2 Å². The van der Waals surface area contributed by atoms with E-state index < -0.39 is 28.5 Å². The summed E-state index contributed by atoms with van der Waals surface area (Å²) in [5, 5.41) is 24.8. The van der Waals surface area contributed by atoms with Crippen molar-refractivity contribution in [3.63, 3.8) is 0 Å².